The van der Waals surface area contributed by atoms with Crippen molar-refractivity contribution >= 4 is 12.6 Å². The Balaban J connectivity index is 1.83. The van der Waals surface area contributed by atoms with E-state index >= 15 is 0 Å². The van der Waals surface area contributed by atoms with E-state index in [2.05, 4.69) is 57.5 Å². The summed E-state index contributed by atoms with van der Waals surface area (Å²) in [5.41, 5.74) is 1.38. The Bertz CT molecular complexity index is 430. The molecule has 2 rings (SSSR count). The summed E-state index contributed by atoms with van der Waals surface area (Å²) in [5.74, 6) is 2.03. The van der Waals surface area contributed by atoms with Gasteiger partial charge in [0.1, 0.15) is 0 Å². The van der Waals surface area contributed by atoms with Gasteiger partial charge in [-0.1, -0.05) is 35.5 Å². The van der Waals surface area contributed by atoms with Gasteiger partial charge in [0, 0.05) is 5.92 Å². The summed E-state index contributed by atoms with van der Waals surface area (Å²) in [6.45, 7) is 0. The third-order valence-corrected chi connectivity index (χ3v) is 3.32. The van der Waals surface area contributed by atoms with E-state index in [-0.39, 0.29) is 0 Å². The number of tetrazole rings is 1. The quantitative estimate of drug-likeness (QED) is 0.754. The number of H-pyrrole nitrogens is 1. The van der Waals surface area contributed by atoms with E-state index < -0.39 is 0 Å². The number of aryl methyl sites for hydroxylation is 1. The topological polar surface area (TPSA) is 54.5 Å². The van der Waals surface area contributed by atoms with E-state index in [1.54, 1.807) is 0 Å². The number of nitrogens with one attached hydrogen (secondary N) is 1. The van der Waals surface area contributed by atoms with Crippen LogP contribution in [0.5, 0.6) is 0 Å². The van der Waals surface area contributed by atoms with Crippen LogP contribution in [0.15, 0.2) is 30.3 Å². The van der Waals surface area contributed by atoms with Gasteiger partial charge in [-0.05, 0) is 37.0 Å². The molecule has 1 unspecified atom stereocenters. The zero-order valence-corrected chi connectivity index (χ0v) is 11.2. The lowest BCUT2D eigenvalue weighted by Crippen LogP contribution is -2.03. The number of aromatic amines is 1. The molecule has 96 valence electrons. The van der Waals surface area contributed by atoms with Crippen molar-refractivity contribution in [2.24, 2.45) is 0 Å². The zero-order chi connectivity index (χ0) is 12.6. The summed E-state index contributed by atoms with van der Waals surface area (Å²) in [6, 6.07) is 10.6. The van der Waals surface area contributed by atoms with E-state index in [0.29, 0.717) is 5.92 Å². The highest BCUT2D eigenvalue weighted by atomic mass is 32.1. The molecule has 4 nitrogen and oxygen atoms in total. The molecule has 1 atom stereocenters. The fraction of sp³-hybridized carbons (Fsp3) is 0.462. The second-order valence-corrected chi connectivity index (χ2v) is 4.80. The number of aromatic nitrogens is 4. The lowest BCUT2D eigenvalue weighted by molar-refractivity contribution is 0.552. The molecule has 1 N–H and O–H groups in total. The highest BCUT2D eigenvalue weighted by Gasteiger charge is 2.14. The van der Waals surface area contributed by atoms with Crippen molar-refractivity contribution in [1.29, 1.82) is 0 Å². The number of rotatable bonds is 7. The minimum atomic E-state index is 0.366. The highest BCUT2D eigenvalue weighted by Crippen LogP contribution is 2.22. The summed E-state index contributed by atoms with van der Waals surface area (Å²) in [5, 5.41) is 14.3. The van der Waals surface area contributed by atoms with E-state index in [0.717, 1.165) is 37.3 Å². The van der Waals surface area contributed by atoms with Gasteiger partial charge >= 0.3 is 0 Å². The molecule has 1 heterocycles. The van der Waals surface area contributed by atoms with Crippen molar-refractivity contribution in [3.63, 3.8) is 0 Å². The molecule has 0 aliphatic carbocycles. The average molecular weight is 262 g/mol. The highest BCUT2D eigenvalue weighted by molar-refractivity contribution is 7.80. The van der Waals surface area contributed by atoms with E-state index in [1.807, 2.05) is 6.07 Å². The first-order valence-electron chi connectivity index (χ1n) is 6.28. The Morgan fingerprint density at radius 2 is 2.00 bits per heavy atom. The number of hydrogen-bond donors (Lipinski definition) is 2. The molecule has 18 heavy (non-hydrogen) atoms. The van der Waals surface area contributed by atoms with Gasteiger partial charge in [0.05, 0.1) is 0 Å². The molecule has 1 aromatic heterocycles. The predicted octanol–water partition coefficient (Wildman–Crippen LogP) is 2.63. The number of benzene rings is 1. The number of nitrogens with zero attached hydrogens (tertiary/aromatic N) is 3. The molecule has 0 bridgehead atoms. The maximum absolute atomic E-state index is 4.30. The first-order valence-corrected chi connectivity index (χ1v) is 6.91. The molecule has 0 aliphatic heterocycles. The molecule has 1 aromatic carbocycles. The van der Waals surface area contributed by atoms with Crippen molar-refractivity contribution < 1.29 is 0 Å². The molecule has 0 spiro atoms. The minimum absolute atomic E-state index is 0.366. The van der Waals surface area contributed by atoms with Crippen LogP contribution in [0.4, 0.5) is 0 Å². The van der Waals surface area contributed by atoms with Crippen LogP contribution >= 0.6 is 12.6 Å². The van der Waals surface area contributed by atoms with Crippen molar-refractivity contribution in [2.75, 3.05) is 5.75 Å². The van der Waals surface area contributed by atoms with Gasteiger partial charge in [-0.2, -0.15) is 17.8 Å². The molecule has 0 radical (unpaired) electrons. The smallest absolute Gasteiger partial charge is 0.177 e. The summed E-state index contributed by atoms with van der Waals surface area (Å²) >= 11 is 4.30. The lowest BCUT2D eigenvalue weighted by atomic mass is 9.97. The second kappa shape index (κ2) is 7.16. The average Bonchev–Trinajstić information content (AvgIpc) is 2.93. The minimum Gasteiger partial charge on any atom is -0.179 e. The molecule has 5 heteroatoms. The molecule has 0 aliphatic rings. The van der Waals surface area contributed by atoms with Gasteiger partial charge in [0.15, 0.2) is 5.82 Å². The SMILES string of the molecule is SCCC(CCCc1ccccc1)c1nn[nH]n1. The van der Waals surface area contributed by atoms with Crippen molar-refractivity contribution in [1.82, 2.24) is 20.6 Å². The third kappa shape index (κ3) is 3.84. The molecule has 0 fully saturated rings. The summed E-state index contributed by atoms with van der Waals surface area (Å²) in [6.07, 6.45) is 4.31. The van der Waals surface area contributed by atoms with Gasteiger partial charge in [-0.3, -0.25) is 0 Å². The summed E-state index contributed by atoms with van der Waals surface area (Å²) in [7, 11) is 0. The van der Waals surface area contributed by atoms with Crippen molar-refractivity contribution in [3.8, 4) is 0 Å². The van der Waals surface area contributed by atoms with Crippen LogP contribution in [-0.4, -0.2) is 26.4 Å². The fourth-order valence-corrected chi connectivity index (χ4v) is 2.41. The van der Waals surface area contributed by atoms with Crippen LogP contribution in [0.25, 0.3) is 0 Å². The van der Waals surface area contributed by atoms with E-state index in [1.165, 1.54) is 5.56 Å². The third-order valence-electron chi connectivity index (χ3n) is 3.07. The van der Waals surface area contributed by atoms with Gasteiger partial charge in [-0.15, -0.1) is 10.2 Å². The first-order chi connectivity index (χ1) is 8.90. The Labute approximate surface area is 113 Å². The summed E-state index contributed by atoms with van der Waals surface area (Å²) < 4.78 is 0. The van der Waals surface area contributed by atoms with Crippen LogP contribution in [0.3, 0.4) is 0 Å². The zero-order valence-electron chi connectivity index (χ0n) is 10.3. The molecular formula is C13H18N4S. The van der Waals surface area contributed by atoms with Crippen molar-refractivity contribution in [2.45, 2.75) is 31.6 Å². The molecular weight excluding hydrogens is 244 g/mol. The van der Waals surface area contributed by atoms with Gasteiger partial charge in [0.2, 0.25) is 0 Å². The molecule has 2 aromatic rings. The molecule has 0 saturated heterocycles. The Kier molecular flexibility index (Phi) is 5.20. The van der Waals surface area contributed by atoms with E-state index in [9.17, 15) is 0 Å². The van der Waals surface area contributed by atoms with Gasteiger partial charge < -0.3 is 0 Å². The van der Waals surface area contributed by atoms with Gasteiger partial charge in [-0.25, -0.2) is 0 Å². The Morgan fingerprint density at radius 3 is 2.67 bits per heavy atom. The molecule has 0 amide bonds. The van der Waals surface area contributed by atoms with Crippen LogP contribution in [0.1, 0.15) is 36.6 Å². The van der Waals surface area contributed by atoms with Crippen LogP contribution in [-0.2, 0) is 6.42 Å². The Morgan fingerprint density at radius 1 is 1.17 bits per heavy atom. The number of hydrogen-bond acceptors (Lipinski definition) is 4. The van der Waals surface area contributed by atoms with Gasteiger partial charge in [0.25, 0.3) is 0 Å². The van der Waals surface area contributed by atoms with E-state index in [4.69, 9.17) is 0 Å². The van der Waals surface area contributed by atoms with Crippen LogP contribution < -0.4 is 0 Å². The molecule has 0 saturated carbocycles. The normalized spacial score (nSPS) is 12.5. The standard InChI is InChI=1S/C13H18N4S/c18-10-9-12(13-14-16-17-15-13)8-4-7-11-5-2-1-3-6-11/h1-3,5-6,12,18H,4,7-10H2,(H,14,15,16,17). The summed E-state index contributed by atoms with van der Waals surface area (Å²) in [4.78, 5) is 0. The monoisotopic (exact) mass is 262 g/mol. The predicted molar refractivity (Wildman–Crippen MR) is 74.8 cm³/mol. The van der Waals surface area contributed by atoms with Crippen LogP contribution in [0.2, 0.25) is 0 Å². The first kappa shape index (κ1) is 13.1. The maximum Gasteiger partial charge on any atom is 0.177 e. The largest absolute Gasteiger partial charge is 0.179 e. The van der Waals surface area contributed by atoms with Crippen molar-refractivity contribution in [3.05, 3.63) is 41.7 Å². The fourth-order valence-electron chi connectivity index (χ4n) is 2.10. The van der Waals surface area contributed by atoms with Crippen LogP contribution in [0, 0.1) is 0 Å². The number of thiol groups is 1. The lowest BCUT2D eigenvalue weighted by Gasteiger charge is -2.11. The second-order valence-electron chi connectivity index (χ2n) is 4.36. The maximum atomic E-state index is 4.30. The Hall–Kier alpha value is -1.36.